The van der Waals surface area contributed by atoms with E-state index in [1.54, 1.807) is 27.7 Å². The van der Waals surface area contributed by atoms with Crippen LogP contribution in [0.5, 0.6) is 0 Å². The molecule has 7 nitrogen and oxygen atoms in total. The van der Waals surface area contributed by atoms with E-state index in [4.69, 9.17) is 18.5 Å². The molecule has 0 bridgehead atoms. The first-order valence-electron chi connectivity index (χ1n) is 6.66. The molecule has 0 spiro atoms. The fourth-order valence-electron chi connectivity index (χ4n) is 1.52. The van der Waals surface area contributed by atoms with E-state index in [0.717, 1.165) is 0 Å². The van der Waals surface area contributed by atoms with Gasteiger partial charge in [-0.2, -0.15) is 0 Å². The van der Waals surface area contributed by atoms with Crippen LogP contribution in [0.1, 0.15) is 34.1 Å². The second-order valence-corrected chi connectivity index (χ2v) is 5.87. The number of ether oxygens (including phenoxy) is 2. The van der Waals surface area contributed by atoms with Crippen molar-refractivity contribution in [1.82, 2.24) is 0 Å². The zero-order chi connectivity index (χ0) is 15.6. The second-order valence-electron chi connectivity index (χ2n) is 3.65. The van der Waals surface area contributed by atoms with Gasteiger partial charge in [0.1, 0.15) is 0 Å². The third kappa shape index (κ3) is 8.33. The van der Waals surface area contributed by atoms with Crippen LogP contribution in [0.15, 0.2) is 0 Å². The maximum atomic E-state index is 12.6. The van der Waals surface area contributed by atoms with Crippen molar-refractivity contribution in [1.29, 1.82) is 0 Å². The Labute approximate surface area is 147 Å². The molecule has 0 aromatic heterocycles. The molecule has 0 radical (unpaired) electrons. The molecule has 0 saturated carbocycles. The van der Waals surface area contributed by atoms with Crippen LogP contribution >= 0.6 is 7.60 Å². The molecule has 120 valence electrons. The summed E-state index contributed by atoms with van der Waals surface area (Å²) in [4.78, 5) is 23.5. The third-order valence-corrected chi connectivity index (χ3v) is 4.62. The summed E-state index contributed by atoms with van der Waals surface area (Å²) in [7, 11) is -3.77. The van der Waals surface area contributed by atoms with Gasteiger partial charge in [0.2, 0.25) is 0 Å². The normalized spacial score (nSPS) is 12.2. The maximum absolute atomic E-state index is 12.6. The fraction of sp³-hybridized carbons (Fsp3) is 0.833. The minimum absolute atomic E-state index is 0. The SMILES string of the molecule is CCOC(=O)CC(C(=O)OCC)P(=O)(OCC)OCC.[NaH]. The van der Waals surface area contributed by atoms with Crippen LogP contribution in [0.25, 0.3) is 0 Å². The summed E-state index contributed by atoms with van der Waals surface area (Å²) in [6.07, 6.45) is -0.399. The zero-order valence-electron chi connectivity index (χ0n) is 12.4. The Hall–Kier alpha value is 0.0900. The van der Waals surface area contributed by atoms with Crippen LogP contribution in [0.4, 0.5) is 0 Å². The van der Waals surface area contributed by atoms with E-state index >= 15 is 0 Å². The molecule has 0 rings (SSSR count). The van der Waals surface area contributed by atoms with Crippen LogP contribution in [-0.4, -0.2) is 73.6 Å². The minimum atomic E-state index is -3.77. The van der Waals surface area contributed by atoms with Gasteiger partial charge in [0.05, 0.1) is 32.8 Å². The van der Waals surface area contributed by atoms with Gasteiger partial charge >= 0.3 is 49.1 Å². The van der Waals surface area contributed by atoms with E-state index < -0.39 is 31.6 Å². The van der Waals surface area contributed by atoms with Crippen molar-refractivity contribution in [3.63, 3.8) is 0 Å². The molecule has 0 amide bonds. The third-order valence-electron chi connectivity index (χ3n) is 2.22. The van der Waals surface area contributed by atoms with Gasteiger partial charge in [0, 0.05) is 0 Å². The number of esters is 2. The summed E-state index contributed by atoms with van der Waals surface area (Å²) in [6.45, 7) is 6.97. The standard InChI is InChI=1S/C12H23O7P.Na.H/c1-5-16-11(13)9-10(12(14)17-6-2)20(15,18-7-3)19-8-4;;/h10H,5-9H2,1-4H3;;. The number of hydrogen-bond acceptors (Lipinski definition) is 7. The van der Waals surface area contributed by atoms with Crippen LogP contribution in [0.3, 0.4) is 0 Å². The Balaban J connectivity index is 0. The van der Waals surface area contributed by atoms with E-state index in [0.29, 0.717) is 0 Å². The van der Waals surface area contributed by atoms with Gasteiger partial charge in [-0.1, -0.05) is 0 Å². The zero-order valence-corrected chi connectivity index (χ0v) is 13.3. The molecule has 0 aliphatic rings. The van der Waals surface area contributed by atoms with Gasteiger partial charge in [-0.15, -0.1) is 0 Å². The van der Waals surface area contributed by atoms with E-state index in [9.17, 15) is 14.2 Å². The summed E-state index contributed by atoms with van der Waals surface area (Å²) < 4.78 is 32.4. The van der Waals surface area contributed by atoms with Gasteiger partial charge in [-0.3, -0.25) is 14.2 Å². The van der Waals surface area contributed by atoms with Gasteiger partial charge < -0.3 is 18.5 Å². The molecule has 9 heteroatoms. The number of rotatable bonds is 10. The number of carbonyl (C=O) groups excluding carboxylic acids is 2. The first-order valence-corrected chi connectivity index (χ1v) is 8.27. The molecule has 21 heavy (non-hydrogen) atoms. The van der Waals surface area contributed by atoms with Crippen LogP contribution in [0.2, 0.25) is 0 Å². The van der Waals surface area contributed by atoms with Crippen molar-refractivity contribution in [2.45, 2.75) is 39.8 Å². The van der Waals surface area contributed by atoms with Crippen molar-refractivity contribution >= 4 is 49.1 Å². The van der Waals surface area contributed by atoms with E-state index in [1.165, 1.54) is 0 Å². The van der Waals surface area contributed by atoms with Crippen molar-refractivity contribution in [2.75, 3.05) is 26.4 Å². The van der Waals surface area contributed by atoms with Crippen LogP contribution in [0, 0.1) is 0 Å². The Bertz CT molecular complexity index is 352. The van der Waals surface area contributed by atoms with Crippen molar-refractivity contribution in [3.8, 4) is 0 Å². The molecular weight excluding hydrogens is 310 g/mol. The molecular formula is C12H24NaO7P. The summed E-state index contributed by atoms with van der Waals surface area (Å²) in [6, 6.07) is 0. The molecule has 0 fully saturated rings. The number of carbonyl (C=O) groups is 2. The molecule has 1 atom stereocenters. The molecule has 1 unspecified atom stereocenters. The first-order chi connectivity index (χ1) is 9.45. The Kier molecular flexibility index (Phi) is 14.0. The van der Waals surface area contributed by atoms with Gasteiger partial charge in [0.25, 0.3) is 0 Å². The van der Waals surface area contributed by atoms with E-state index in [1.807, 2.05) is 0 Å². The summed E-state index contributed by atoms with van der Waals surface area (Å²) in [5.41, 5.74) is -1.30. The molecule has 0 saturated heterocycles. The Morgan fingerprint density at radius 3 is 1.76 bits per heavy atom. The fourth-order valence-corrected chi connectivity index (χ4v) is 3.38. The van der Waals surface area contributed by atoms with Crippen LogP contribution in [-0.2, 0) is 32.7 Å². The Morgan fingerprint density at radius 1 is 0.905 bits per heavy atom. The van der Waals surface area contributed by atoms with E-state index in [-0.39, 0.29) is 56.0 Å². The number of hydrogen-bond donors (Lipinski definition) is 0. The molecule has 0 aromatic carbocycles. The molecule has 0 aliphatic heterocycles. The Morgan fingerprint density at radius 2 is 1.38 bits per heavy atom. The molecule has 0 heterocycles. The predicted octanol–water partition coefficient (Wildman–Crippen LogP) is 1.49. The first kappa shape index (κ1) is 23.4. The summed E-state index contributed by atoms with van der Waals surface area (Å²) in [5.74, 6) is -1.43. The van der Waals surface area contributed by atoms with Crippen molar-refractivity contribution in [2.24, 2.45) is 0 Å². The van der Waals surface area contributed by atoms with Crippen molar-refractivity contribution in [3.05, 3.63) is 0 Å². The average molecular weight is 334 g/mol. The van der Waals surface area contributed by atoms with Gasteiger partial charge in [-0.05, 0) is 27.7 Å². The van der Waals surface area contributed by atoms with Crippen molar-refractivity contribution < 1.29 is 32.7 Å². The molecule has 0 aromatic rings. The van der Waals surface area contributed by atoms with Crippen LogP contribution < -0.4 is 0 Å². The molecule has 0 aliphatic carbocycles. The van der Waals surface area contributed by atoms with E-state index in [2.05, 4.69) is 0 Å². The predicted molar refractivity (Wildman–Crippen MR) is 79.7 cm³/mol. The van der Waals surface area contributed by atoms with Gasteiger partial charge in [-0.25, -0.2) is 0 Å². The summed E-state index contributed by atoms with van der Waals surface area (Å²) >= 11 is 0. The summed E-state index contributed by atoms with van der Waals surface area (Å²) in [5, 5.41) is 0. The second kappa shape index (κ2) is 12.6. The van der Waals surface area contributed by atoms with Gasteiger partial charge in [0.15, 0.2) is 5.66 Å². The average Bonchev–Trinajstić information content (AvgIpc) is 2.37. The topological polar surface area (TPSA) is 88.1 Å². The molecule has 0 N–H and O–H groups in total. The monoisotopic (exact) mass is 334 g/mol. The quantitative estimate of drug-likeness (QED) is 0.340.